The van der Waals surface area contributed by atoms with Gasteiger partial charge < -0.3 is 20.5 Å². The van der Waals surface area contributed by atoms with Crippen LogP contribution in [0, 0.1) is 5.82 Å². The summed E-state index contributed by atoms with van der Waals surface area (Å²) in [6.07, 6.45) is -0.530. The molecule has 0 saturated heterocycles. The van der Waals surface area contributed by atoms with E-state index in [0.29, 0.717) is 12.3 Å². The average Bonchev–Trinajstić information content (AvgIpc) is 3.17. The molecule has 1 aliphatic rings. The van der Waals surface area contributed by atoms with Crippen LogP contribution in [-0.4, -0.2) is 47.7 Å². The minimum absolute atomic E-state index is 0.0174. The van der Waals surface area contributed by atoms with Crippen LogP contribution in [-0.2, 0) is 9.53 Å². The normalized spacial score (nSPS) is 11.9. The van der Waals surface area contributed by atoms with E-state index in [1.54, 1.807) is 0 Å². The largest absolute Gasteiger partial charge is 0.478 e. The van der Waals surface area contributed by atoms with Gasteiger partial charge in [-0.25, -0.2) is 14.0 Å². The topological polar surface area (TPSA) is 105 Å². The number of amides is 2. The lowest BCUT2D eigenvalue weighted by atomic mass is 9.98. The molecule has 2 amide bonds. The number of rotatable bonds is 9. The number of benzene rings is 3. The number of carbonyl (C=O) groups is 3. The van der Waals surface area contributed by atoms with E-state index in [0.717, 1.165) is 28.3 Å². The molecule has 0 spiro atoms. The van der Waals surface area contributed by atoms with Crippen molar-refractivity contribution in [2.24, 2.45) is 0 Å². The molecule has 4 rings (SSSR count). The van der Waals surface area contributed by atoms with Crippen molar-refractivity contribution in [2.45, 2.75) is 5.92 Å². The zero-order chi connectivity index (χ0) is 24.8. The molecule has 180 valence electrons. The third-order valence-corrected chi connectivity index (χ3v) is 6.54. The number of carbonyl (C=O) groups excluding carboxylic acids is 2. The van der Waals surface area contributed by atoms with Crippen LogP contribution >= 0.6 is 11.8 Å². The van der Waals surface area contributed by atoms with Crippen molar-refractivity contribution in [3.8, 4) is 11.1 Å². The van der Waals surface area contributed by atoms with Gasteiger partial charge in [0, 0.05) is 18.2 Å². The number of nitrogens with one attached hydrogen (secondary N) is 2. The van der Waals surface area contributed by atoms with Gasteiger partial charge in [-0.3, -0.25) is 4.79 Å². The van der Waals surface area contributed by atoms with Crippen molar-refractivity contribution in [2.75, 3.05) is 30.0 Å². The average molecular weight is 495 g/mol. The van der Waals surface area contributed by atoms with Crippen LogP contribution in [0.1, 0.15) is 27.4 Å². The Balaban J connectivity index is 1.17. The number of alkyl carbamates (subject to hydrolysis) is 1. The molecule has 0 radical (unpaired) electrons. The molecule has 1 aliphatic carbocycles. The van der Waals surface area contributed by atoms with Crippen LogP contribution in [0.15, 0.2) is 66.7 Å². The van der Waals surface area contributed by atoms with E-state index in [1.165, 1.54) is 23.9 Å². The van der Waals surface area contributed by atoms with E-state index in [2.05, 4.69) is 34.9 Å². The maximum absolute atomic E-state index is 13.9. The fourth-order valence-corrected chi connectivity index (χ4v) is 4.62. The number of halogens is 1. The van der Waals surface area contributed by atoms with Gasteiger partial charge in [0.1, 0.15) is 12.4 Å². The number of aromatic carboxylic acids is 1. The number of hydrogen-bond acceptors (Lipinski definition) is 5. The van der Waals surface area contributed by atoms with Crippen molar-refractivity contribution >= 4 is 35.4 Å². The minimum atomic E-state index is -1.25. The number of carboxylic acids is 1. The summed E-state index contributed by atoms with van der Waals surface area (Å²) >= 11 is 1.26. The Kier molecular flexibility index (Phi) is 7.67. The highest BCUT2D eigenvalue weighted by molar-refractivity contribution is 7.99. The van der Waals surface area contributed by atoms with E-state index in [1.807, 2.05) is 24.3 Å². The first-order chi connectivity index (χ1) is 16.9. The fraction of sp³-hybridized carbons (Fsp3) is 0.192. The molecule has 0 fully saturated rings. The molecule has 0 heterocycles. The van der Waals surface area contributed by atoms with Crippen LogP contribution in [0.5, 0.6) is 0 Å². The Morgan fingerprint density at radius 1 is 0.971 bits per heavy atom. The van der Waals surface area contributed by atoms with Crippen molar-refractivity contribution in [3.63, 3.8) is 0 Å². The van der Waals surface area contributed by atoms with Gasteiger partial charge in [-0.2, -0.15) is 11.8 Å². The number of ether oxygens (including phenoxy) is 1. The Labute approximate surface area is 205 Å². The summed E-state index contributed by atoms with van der Waals surface area (Å²) in [5.41, 5.74) is 4.30. The first kappa shape index (κ1) is 24.3. The maximum Gasteiger partial charge on any atom is 0.407 e. The fourth-order valence-electron chi connectivity index (χ4n) is 3.98. The third kappa shape index (κ3) is 5.81. The number of thioether (sulfide) groups is 1. The van der Waals surface area contributed by atoms with Crippen LogP contribution in [0.25, 0.3) is 11.1 Å². The van der Waals surface area contributed by atoms with Crippen LogP contribution in [0.4, 0.5) is 14.9 Å². The lowest BCUT2D eigenvalue weighted by Gasteiger charge is -2.14. The highest BCUT2D eigenvalue weighted by Gasteiger charge is 2.28. The Bertz CT molecular complexity index is 1220. The van der Waals surface area contributed by atoms with Gasteiger partial charge in [-0.1, -0.05) is 48.5 Å². The SMILES string of the molecule is O=C(CSCCNC(=O)OCC1c2ccccc2-c2ccccc21)Nc1ccc(C(=O)O)cc1F. The van der Waals surface area contributed by atoms with Crippen molar-refractivity contribution in [3.05, 3.63) is 89.2 Å². The third-order valence-electron chi connectivity index (χ3n) is 5.58. The molecular formula is C26H23FN2O5S. The molecule has 0 aliphatic heterocycles. The van der Waals surface area contributed by atoms with Crippen molar-refractivity contribution in [1.29, 1.82) is 0 Å². The summed E-state index contributed by atoms with van der Waals surface area (Å²) in [6, 6.07) is 19.5. The predicted molar refractivity (Wildman–Crippen MR) is 132 cm³/mol. The molecule has 7 nitrogen and oxygen atoms in total. The van der Waals surface area contributed by atoms with Gasteiger partial charge in [0.05, 0.1) is 17.0 Å². The second-order valence-corrected chi connectivity index (χ2v) is 8.96. The lowest BCUT2D eigenvalue weighted by Crippen LogP contribution is -2.28. The highest BCUT2D eigenvalue weighted by Crippen LogP contribution is 2.44. The second kappa shape index (κ2) is 11.1. The van der Waals surface area contributed by atoms with E-state index in [9.17, 15) is 18.8 Å². The number of fused-ring (bicyclic) bond motifs is 3. The van der Waals surface area contributed by atoms with Crippen LogP contribution in [0.3, 0.4) is 0 Å². The molecule has 3 aromatic rings. The number of carboxylic acid groups (broad SMARTS) is 1. The summed E-state index contributed by atoms with van der Waals surface area (Å²) in [6.45, 7) is 0.526. The molecule has 9 heteroatoms. The van der Waals surface area contributed by atoms with Crippen LogP contribution < -0.4 is 10.6 Å². The van der Waals surface area contributed by atoms with Gasteiger partial charge in [-0.15, -0.1) is 0 Å². The molecule has 0 aromatic heterocycles. The summed E-state index contributed by atoms with van der Waals surface area (Å²) in [4.78, 5) is 35.0. The number of hydrogen-bond donors (Lipinski definition) is 3. The second-order valence-electron chi connectivity index (χ2n) is 7.85. The standard InChI is InChI=1S/C26H23FN2O5S/c27-22-13-16(25(31)32)9-10-23(22)29-24(30)15-35-12-11-28-26(33)34-14-21-19-7-3-1-5-17(19)18-6-2-4-8-20(18)21/h1-10,13,21H,11-12,14-15H2,(H,28,33)(H,29,30)(H,31,32). The van der Waals surface area contributed by atoms with Gasteiger partial charge in [0.15, 0.2) is 0 Å². The monoisotopic (exact) mass is 494 g/mol. The summed E-state index contributed by atoms with van der Waals surface area (Å²) in [5.74, 6) is -2.01. The first-order valence-electron chi connectivity index (χ1n) is 10.9. The Morgan fingerprint density at radius 3 is 2.26 bits per heavy atom. The van der Waals surface area contributed by atoms with E-state index in [-0.39, 0.29) is 29.5 Å². The summed E-state index contributed by atoms with van der Waals surface area (Å²) in [7, 11) is 0. The lowest BCUT2D eigenvalue weighted by molar-refractivity contribution is -0.113. The van der Waals surface area contributed by atoms with Gasteiger partial charge >= 0.3 is 12.1 Å². The minimum Gasteiger partial charge on any atom is -0.478 e. The zero-order valence-corrected chi connectivity index (χ0v) is 19.4. The van der Waals surface area contributed by atoms with E-state index in [4.69, 9.17) is 9.84 Å². The van der Waals surface area contributed by atoms with Gasteiger partial charge in [0.25, 0.3) is 0 Å². The zero-order valence-electron chi connectivity index (χ0n) is 18.6. The molecule has 0 atom stereocenters. The van der Waals surface area contributed by atoms with Crippen LogP contribution in [0.2, 0.25) is 0 Å². The molecule has 3 N–H and O–H groups in total. The molecule has 0 unspecified atom stereocenters. The van der Waals surface area contributed by atoms with E-state index < -0.39 is 23.8 Å². The predicted octanol–water partition coefficient (Wildman–Crippen LogP) is 4.73. The summed E-state index contributed by atoms with van der Waals surface area (Å²) < 4.78 is 19.4. The molecule has 35 heavy (non-hydrogen) atoms. The van der Waals surface area contributed by atoms with Gasteiger partial charge in [0.2, 0.25) is 5.91 Å². The Hall–Kier alpha value is -3.85. The first-order valence-corrected chi connectivity index (χ1v) is 12.1. The quantitative estimate of drug-likeness (QED) is 0.372. The Morgan fingerprint density at radius 2 is 1.63 bits per heavy atom. The van der Waals surface area contributed by atoms with Crippen molar-refractivity contribution in [1.82, 2.24) is 5.32 Å². The van der Waals surface area contributed by atoms with E-state index >= 15 is 0 Å². The molecule has 0 bridgehead atoms. The smallest absolute Gasteiger partial charge is 0.407 e. The molecule has 3 aromatic carbocycles. The van der Waals surface area contributed by atoms with Gasteiger partial charge in [-0.05, 0) is 40.5 Å². The molecular weight excluding hydrogens is 471 g/mol. The maximum atomic E-state index is 13.9. The summed E-state index contributed by atoms with van der Waals surface area (Å²) in [5, 5.41) is 13.9. The van der Waals surface area contributed by atoms with Crippen molar-refractivity contribution < 1.29 is 28.6 Å². The molecule has 0 saturated carbocycles. The number of anilines is 1. The highest BCUT2D eigenvalue weighted by atomic mass is 32.2.